The van der Waals surface area contributed by atoms with E-state index in [4.69, 9.17) is 10.00 Å². The molecule has 2 atom stereocenters. The summed E-state index contributed by atoms with van der Waals surface area (Å²) in [5, 5.41) is 31.1. The van der Waals surface area contributed by atoms with Gasteiger partial charge in [-0.15, -0.1) is 0 Å². The number of nitrogens with zero attached hydrogens (tertiary/aromatic N) is 1. The first kappa shape index (κ1) is 17.9. The van der Waals surface area contributed by atoms with Gasteiger partial charge in [-0.25, -0.2) is 9.18 Å². The van der Waals surface area contributed by atoms with E-state index in [1.807, 2.05) is 0 Å². The predicted octanol–water partition coefficient (Wildman–Crippen LogP) is 1.62. The van der Waals surface area contributed by atoms with Crippen LogP contribution >= 0.6 is 0 Å². The Morgan fingerprint density at radius 1 is 1.45 bits per heavy atom. The highest BCUT2D eigenvalue weighted by atomic mass is 19.1. The molecule has 7 heteroatoms. The van der Waals surface area contributed by atoms with Gasteiger partial charge in [-0.05, 0) is 32.9 Å². The SMILES string of the molecule is CC(C)(C)OC(=O)NCC(O)C(O)c1ccc(F)cc1C#N. The van der Waals surface area contributed by atoms with E-state index in [1.165, 1.54) is 6.07 Å². The molecule has 0 aromatic heterocycles. The van der Waals surface area contributed by atoms with Crippen molar-refractivity contribution in [1.29, 1.82) is 5.26 Å². The molecular formula is C15H19FN2O4. The van der Waals surface area contributed by atoms with E-state index >= 15 is 0 Å². The zero-order valence-corrected chi connectivity index (χ0v) is 12.6. The number of hydrogen-bond donors (Lipinski definition) is 3. The average Bonchev–Trinajstić information content (AvgIpc) is 2.42. The molecule has 0 spiro atoms. The second-order valence-electron chi connectivity index (χ2n) is 5.74. The summed E-state index contributed by atoms with van der Waals surface area (Å²) < 4.78 is 18.0. The van der Waals surface area contributed by atoms with Gasteiger partial charge in [0.1, 0.15) is 23.6 Å². The molecule has 0 aliphatic carbocycles. The number of alkyl carbamates (subject to hydrolysis) is 1. The maximum absolute atomic E-state index is 13.0. The van der Waals surface area contributed by atoms with Crippen LogP contribution in [0, 0.1) is 17.1 Å². The van der Waals surface area contributed by atoms with Crippen LogP contribution in [0.5, 0.6) is 0 Å². The van der Waals surface area contributed by atoms with Gasteiger partial charge < -0.3 is 20.3 Å². The first-order valence-corrected chi connectivity index (χ1v) is 6.66. The van der Waals surface area contributed by atoms with Crippen LogP contribution in [-0.4, -0.2) is 34.6 Å². The average molecular weight is 310 g/mol. The van der Waals surface area contributed by atoms with E-state index < -0.39 is 29.7 Å². The number of hydrogen-bond acceptors (Lipinski definition) is 5. The Bertz CT molecular complexity index is 578. The predicted molar refractivity (Wildman–Crippen MR) is 76.3 cm³/mol. The van der Waals surface area contributed by atoms with Crippen molar-refractivity contribution in [1.82, 2.24) is 5.32 Å². The molecule has 1 aromatic rings. The van der Waals surface area contributed by atoms with E-state index in [0.29, 0.717) is 0 Å². The second-order valence-corrected chi connectivity index (χ2v) is 5.74. The summed E-state index contributed by atoms with van der Waals surface area (Å²) in [4.78, 5) is 11.5. The van der Waals surface area contributed by atoms with Crippen molar-refractivity contribution in [2.24, 2.45) is 0 Å². The third-order valence-electron chi connectivity index (χ3n) is 2.67. The van der Waals surface area contributed by atoms with Crippen LogP contribution in [0.25, 0.3) is 0 Å². The number of nitrogens with one attached hydrogen (secondary N) is 1. The lowest BCUT2D eigenvalue weighted by Gasteiger charge is -2.22. The Morgan fingerprint density at radius 3 is 2.64 bits per heavy atom. The minimum absolute atomic E-state index is 0.0798. The molecule has 3 N–H and O–H groups in total. The Hall–Kier alpha value is -2.17. The van der Waals surface area contributed by atoms with Gasteiger partial charge in [0.05, 0.1) is 11.6 Å². The quantitative estimate of drug-likeness (QED) is 0.784. The molecule has 6 nitrogen and oxygen atoms in total. The summed E-state index contributed by atoms with van der Waals surface area (Å²) in [6.07, 6.45) is -3.55. The van der Waals surface area contributed by atoms with Crippen LogP contribution in [0.4, 0.5) is 9.18 Å². The molecule has 1 aromatic carbocycles. The van der Waals surface area contributed by atoms with Crippen LogP contribution in [0.3, 0.4) is 0 Å². The van der Waals surface area contributed by atoms with Crippen molar-refractivity contribution in [2.45, 2.75) is 38.6 Å². The van der Waals surface area contributed by atoms with Gasteiger partial charge in [-0.3, -0.25) is 0 Å². The highest BCUT2D eigenvalue weighted by molar-refractivity contribution is 5.67. The Morgan fingerprint density at radius 2 is 2.09 bits per heavy atom. The number of halogens is 1. The van der Waals surface area contributed by atoms with Crippen LogP contribution in [0.15, 0.2) is 18.2 Å². The van der Waals surface area contributed by atoms with E-state index in [0.717, 1.165) is 12.1 Å². The molecular weight excluding hydrogens is 291 g/mol. The van der Waals surface area contributed by atoms with Crippen molar-refractivity contribution in [3.63, 3.8) is 0 Å². The lowest BCUT2D eigenvalue weighted by atomic mass is 9.99. The van der Waals surface area contributed by atoms with Gasteiger partial charge in [0.2, 0.25) is 0 Å². The summed E-state index contributed by atoms with van der Waals surface area (Å²) >= 11 is 0. The van der Waals surface area contributed by atoms with E-state index in [9.17, 15) is 19.4 Å². The molecule has 120 valence electrons. The van der Waals surface area contributed by atoms with Gasteiger partial charge in [-0.2, -0.15) is 5.26 Å². The third-order valence-corrected chi connectivity index (χ3v) is 2.67. The second kappa shape index (κ2) is 7.20. The number of benzene rings is 1. The summed E-state index contributed by atoms with van der Waals surface area (Å²) in [5.74, 6) is -0.617. The Labute approximate surface area is 128 Å². The number of carbonyl (C=O) groups excluding carboxylic acids is 1. The maximum Gasteiger partial charge on any atom is 0.407 e. The summed E-state index contributed by atoms with van der Waals surface area (Å²) in [5.41, 5.74) is -0.676. The summed E-state index contributed by atoms with van der Waals surface area (Å²) in [7, 11) is 0. The standard InChI is InChI=1S/C15H19FN2O4/c1-15(2,3)22-14(21)18-8-12(19)13(20)11-5-4-10(16)6-9(11)7-17/h4-6,12-13,19-20H,8H2,1-3H3,(H,18,21). The molecule has 0 aliphatic heterocycles. The normalized spacial score (nSPS) is 13.9. The zero-order valence-electron chi connectivity index (χ0n) is 12.6. The molecule has 0 heterocycles. The fraction of sp³-hybridized carbons (Fsp3) is 0.467. The fourth-order valence-corrected chi connectivity index (χ4v) is 1.70. The fourth-order valence-electron chi connectivity index (χ4n) is 1.70. The summed E-state index contributed by atoms with van der Waals surface area (Å²) in [6, 6.07) is 5.00. The molecule has 0 saturated carbocycles. The summed E-state index contributed by atoms with van der Waals surface area (Å²) in [6.45, 7) is 4.79. The number of rotatable bonds is 4. The van der Waals surface area contributed by atoms with Gasteiger partial charge >= 0.3 is 6.09 Å². The topological polar surface area (TPSA) is 103 Å². The number of aliphatic hydroxyl groups is 2. The zero-order chi connectivity index (χ0) is 16.9. The molecule has 0 fully saturated rings. The Balaban J connectivity index is 2.68. The van der Waals surface area contributed by atoms with Gasteiger partial charge in [0, 0.05) is 12.1 Å². The molecule has 1 amide bonds. The van der Waals surface area contributed by atoms with E-state index in [2.05, 4.69) is 5.32 Å². The monoisotopic (exact) mass is 310 g/mol. The van der Waals surface area contributed by atoms with Crippen LogP contribution < -0.4 is 5.32 Å². The largest absolute Gasteiger partial charge is 0.444 e. The minimum Gasteiger partial charge on any atom is -0.444 e. The number of carbonyl (C=O) groups is 1. The van der Waals surface area contributed by atoms with Gasteiger partial charge in [-0.1, -0.05) is 6.07 Å². The molecule has 0 radical (unpaired) electrons. The molecule has 22 heavy (non-hydrogen) atoms. The number of amides is 1. The number of nitriles is 1. The minimum atomic E-state index is -1.44. The maximum atomic E-state index is 13.0. The van der Waals surface area contributed by atoms with E-state index in [1.54, 1.807) is 26.8 Å². The lowest BCUT2D eigenvalue weighted by Crippen LogP contribution is -2.39. The van der Waals surface area contributed by atoms with Crippen molar-refractivity contribution >= 4 is 6.09 Å². The van der Waals surface area contributed by atoms with Crippen LogP contribution in [-0.2, 0) is 4.74 Å². The van der Waals surface area contributed by atoms with Crippen molar-refractivity contribution in [3.05, 3.63) is 35.1 Å². The molecule has 0 saturated heterocycles. The molecule has 0 aliphatic rings. The lowest BCUT2D eigenvalue weighted by molar-refractivity contribution is 0.0128. The third kappa shape index (κ3) is 5.31. The van der Waals surface area contributed by atoms with Crippen molar-refractivity contribution < 1.29 is 24.1 Å². The Kier molecular flexibility index (Phi) is 5.85. The number of aliphatic hydroxyl groups excluding tert-OH is 2. The first-order chi connectivity index (χ1) is 10.1. The van der Waals surface area contributed by atoms with Crippen LogP contribution in [0.1, 0.15) is 38.0 Å². The van der Waals surface area contributed by atoms with Crippen molar-refractivity contribution in [2.75, 3.05) is 6.54 Å². The number of ether oxygens (including phenoxy) is 1. The molecule has 1 rings (SSSR count). The van der Waals surface area contributed by atoms with Gasteiger partial charge in [0.25, 0.3) is 0 Å². The molecule has 2 unspecified atom stereocenters. The highest BCUT2D eigenvalue weighted by Crippen LogP contribution is 2.21. The highest BCUT2D eigenvalue weighted by Gasteiger charge is 2.23. The van der Waals surface area contributed by atoms with Gasteiger partial charge in [0.15, 0.2) is 0 Å². The smallest absolute Gasteiger partial charge is 0.407 e. The first-order valence-electron chi connectivity index (χ1n) is 6.66. The molecule has 0 bridgehead atoms. The van der Waals surface area contributed by atoms with E-state index in [-0.39, 0.29) is 17.7 Å². The van der Waals surface area contributed by atoms with Crippen molar-refractivity contribution in [3.8, 4) is 6.07 Å². The van der Waals surface area contributed by atoms with Crippen LogP contribution in [0.2, 0.25) is 0 Å².